The van der Waals surface area contributed by atoms with Gasteiger partial charge in [0.05, 0.1) is 0 Å². The molecular weight excluding hydrogens is 234 g/mol. The Balaban J connectivity index is 2.08. The minimum Gasteiger partial charge on any atom is -0.335 e. The van der Waals surface area contributed by atoms with Crippen LogP contribution >= 0.6 is 0 Å². The monoisotopic (exact) mass is 257 g/mol. The van der Waals surface area contributed by atoms with Crippen molar-refractivity contribution >= 4 is 0 Å². The lowest BCUT2D eigenvalue weighted by atomic mass is 10.0. The summed E-state index contributed by atoms with van der Waals surface area (Å²) in [4.78, 5) is 4.45. The van der Waals surface area contributed by atoms with Gasteiger partial charge >= 0.3 is 0 Å². The molecule has 2 rings (SSSR count). The summed E-state index contributed by atoms with van der Waals surface area (Å²) < 4.78 is 2.24. The van der Waals surface area contributed by atoms with Crippen LogP contribution < -0.4 is 5.32 Å². The van der Waals surface area contributed by atoms with E-state index >= 15 is 0 Å². The highest BCUT2D eigenvalue weighted by atomic mass is 15.1. The lowest BCUT2D eigenvalue weighted by Crippen LogP contribution is -2.12. The zero-order valence-electron chi connectivity index (χ0n) is 12.1. The normalized spacial score (nSPS) is 12.6. The number of nitrogens with zero attached hydrogens (tertiary/aromatic N) is 2. The van der Waals surface area contributed by atoms with E-state index in [1.807, 2.05) is 13.2 Å². The average molecular weight is 257 g/mol. The smallest absolute Gasteiger partial charge is 0.113 e. The molecule has 0 radical (unpaired) electrons. The van der Waals surface area contributed by atoms with E-state index in [0.29, 0.717) is 6.04 Å². The van der Waals surface area contributed by atoms with E-state index in [1.165, 1.54) is 11.1 Å². The molecular formula is C16H23N3. The standard InChI is InChI=1S/C16H23N3/c1-4-10-19-11-9-18-16(19)12-14-5-7-15(8-6-14)13(2)17-3/h5-9,11,13,17H,4,10,12H2,1-3H3. The van der Waals surface area contributed by atoms with Crippen molar-refractivity contribution in [2.75, 3.05) is 7.05 Å². The van der Waals surface area contributed by atoms with Crippen LogP contribution in [0.4, 0.5) is 0 Å². The van der Waals surface area contributed by atoms with Gasteiger partial charge in [0.2, 0.25) is 0 Å². The molecule has 0 fully saturated rings. The molecule has 0 aliphatic rings. The lowest BCUT2D eigenvalue weighted by molar-refractivity contribution is 0.645. The van der Waals surface area contributed by atoms with Crippen LogP contribution in [0.3, 0.4) is 0 Å². The first-order valence-corrected chi connectivity index (χ1v) is 7.00. The van der Waals surface area contributed by atoms with E-state index in [9.17, 15) is 0 Å². The Morgan fingerprint density at radius 3 is 2.63 bits per heavy atom. The van der Waals surface area contributed by atoms with Crippen LogP contribution in [0, 0.1) is 0 Å². The van der Waals surface area contributed by atoms with Crippen LogP contribution in [0.15, 0.2) is 36.7 Å². The van der Waals surface area contributed by atoms with Crippen LogP contribution in [0.5, 0.6) is 0 Å². The molecule has 0 saturated carbocycles. The highest BCUT2D eigenvalue weighted by molar-refractivity contribution is 5.26. The molecule has 0 amide bonds. The lowest BCUT2D eigenvalue weighted by Gasteiger charge is -2.11. The molecule has 3 nitrogen and oxygen atoms in total. The Labute approximate surface area is 115 Å². The second kappa shape index (κ2) is 6.53. The van der Waals surface area contributed by atoms with E-state index < -0.39 is 0 Å². The zero-order chi connectivity index (χ0) is 13.7. The first kappa shape index (κ1) is 13.8. The topological polar surface area (TPSA) is 29.9 Å². The van der Waals surface area contributed by atoms with Crippen LogP contribution in [-0.2, 0) is 13.0 Å². The summed E-state index contributed by atoms with van der Waals surface area (Å²) in [5, 5.41) is 3.26. The predicted octanol–water partition coefficient (Wildman–Crippen LogP) is 3.16. The van der Waals surface area contributed by atoms with Gasteiger partial charge in [0, 0.05) is 31.4 Å². The number of aryl methyl sites for hydroxylation is 1. The van der Waals surface area contributed by atoms with Gasteiger partial charge < -0.3 is 9.88 Å². The maximum atomic E-state index is 4.45. The van der Waals surface area contributed by atoms with Crippen molar-refractivity contribution < 1.29 is 0 Å². The molecule has 1 aromatic carbocycles. The quantitative estimate of drug-likeness (QED) is 0.861. The van der Waals surface area contributed by atoms with Crippen molar-refractivity contribution in [2.45, 2.75) is 39.3 Å². The Morgan fingerprint density at radius 1 is 1.26 bits per heavy atom. The Hall–Kier alpha value is -1.61. The minimum atomic E-state index is 0.399. The maximum Gasteiger partial charge on any atom is 0.113 e. The summed E-state index contributed by atoms with van der Waals surface area (Å²) >= 11 is 0. The number of hydrogen-bond acceptors (Lipinski definition) is 2. The molecule has 0 aliphatic heterocycles. The van der Waals surface area contributed by atoms with Gasteiger partial charge in [-0.3, -0.25) is 0 Å². The molecule has 1 heterocycles. The average Bonchev–Trinajstić information content (AvgIpc) is 2.86. The van der Waals surface area contributed by atoms with Crippen LogP contribution in [0.25, 0.3) is 0 Å². The highest BCUT2D eigenvalue weighted by Gasteiger charge is 2.05. The van der Waals surface area contributed by atoms with Crippen LogP contribution in [0.1, 0.15) is 43.3 Å². The summed E-state index contributed by atoms with van der Waals surface area (Å²) in [6, 6.07) is 9.20. The third kappa shape index (κ3) is 3.44. The fraction of sp³-hybridized carbons (Fsp3) is 0.438. The molecule has 0 saturated heterocycles. The van der Waals surface area contributed by atoms with Crippen molar-refractivity contribution in [3.05, 3.63) is 53.6 Å². The second-order valence-electron chi connectivity index (χ2n) is 4.97. The van der Waals surface area contributed by atoms with Crippen molar-refractivity contribution in [3.8, 4) is 0 Å². The fourth-order valence-corrected chi connectivity index (χ4v) is 2.23. The van der Waals surface area contributed by atoms with Crippen LogP contribution in [0.2, 0.25) is 0 Å². The molecule has 0 bridgehead atoms. The van der Waals surface area contributed by atoms with E-state index in [0.717, 1.165) is 25.2 Å². The number of benzene rings is 1. The molecule has 2 aromatic rings. The maximum absolute atomic E-state index is 4.45. The summed E-state index contributed by atoms with van der Waals surface area (Å²) in [7, 11) is 1.99. The summed E-state index contributed by atoms with van der Waals surface area (Å²) in [5.41, 5.74) is 2.64. The van der Waals surface area contributed by atoms with E-state index in [4.69, 9.17) is 0 Å². The highest BCUT2D eigenvalue weighted by Crippen LogP contribution is 2.15. The summed E-state index contributed by atoms with van der Waals surface area (Å²) in [6.07, 6.45) is 6.00. The number of imidazole rings is 1. The molecule has 1 N–H and O–H groups in total. The van der Waals surface area contributed by atoms with E-state index in [2.05, 4.69) is 59.2 Å². The number of nitrogens with one attached hydrogen (secondary N) is 1. The van der Waals surface area contributed by atoms with Gasteiger partial charge in [-0.15, -0.1) is 0 Å². The summed E-state index contributed by atoms with van der Waals surface area (Å²) in [5.74, 6) is 1.15. The fourth-order valence-electron chi connectivity index (χ4n) is 2.23. The van der Waals surface area contributed by atoms with E-state index in [-0.39, 0.29) is 0 Å². The van der Waals surface area contributed by atoms with Gasteiger partial charge in [0.1, 0.15) is 5.82 Å². The molecule has 102 valence electrons. The molecule has 1 atom stereocenters. The Kier molecular flexibility index (Phi) is 4.74. The molecule has 0 aliphatic carbocycles. The Morgan fingerprint density at radius 2 is 2.00 bits per heavy atom. The largest absolute Gasteiger partial charge is 0.335 e. The van der Waals surface area contributed by atoms with Gasteiger partial charge in [0.15, 0.2) is 0 Å². The predicted molar refractivity (Wildman–Crippen MR) is 79.2 cm³/mol. The van der Waals surface area contributed by atoms with Crippen molar-refractivity contribution in [1.29, 1.82) is 0 Å². The summed E-state index contributed by atoms with van der Waals surface area (Å²) in [6.45, 7) is 5.41. The first-order chi connectivity index (χ1) is 9.24. The van der Waals surface area contributed by atoms with Crippen molar-refractivity contribution in [1.82, 2.24) is 14.9 Å². The zero-order valence-corrected chi connectivity index (χ0v) is 12.1. The number of aromatic nitrogens is 2. The molecule has 0 spiro atoms. The number of rotatable bonds is 6. The van der Waals surface area contributed by atoms with E-state index in [1.54, 1.807) is 0 Å². The molecule has 3 heteroatoms. The third-order valence-electron chi connectivity index (χ3n) is 3.54. The van der Waals surface area contributed by atoms with Gasteiger partial charge in [-0.05, 0) is 31.5 Å². The molecule has 19 heavy (non-hydrogen) atoms. The first-order valence-electron chi connectivity index (χ1n) is 7.00. The van der Waals surface area contributed by atoms with Gasteiger partial charge in [-0.1, -0.05) is 31.2 Å². The molecule has 1 aromatic heterocycles. The molecule has 1 unspecified atom stereocenters. The van der Waals surface area contributed by atoms with Gasteiger partial charge in [0.25, 0.3) is 0 Å². The van der Waals surface area contributed by atoms with Gasteiger partial charge in [-0.2, -0.15) is 0 Å². The van der Waals surface area contributed by atoms with Crippen molar-refractivity contribution in [3.63, 3.8) is 0 Å². The SMILES string of the molecule is CCCn1ccnc1Cc1ccc(C(C)NC)cc1. The number of hydrogen-bond donors (Lipinski definition) is 1. The second-order valence-corrected chi connectivity index (χ2v) is 4.97. The van der Waals surface area contributed by atoms with Crippen molar-refractivity contribution in [2.24, 2.45) is 0 Å². The van der Waals surface area contributed by atoms with Gasteiger partial charge in [-0.25, -0.2) is 4.98 Å². The Bertz CT molecular complexity index is 499. The minimum absolute atomic E-state index is 0.399. The van der Waals surface area contributed by atoms with Crippen LogP contribution in [-0.4, -0.2) is 16.6 Å². The third-order valence-corrected chi connectivity index (χ3v) is 3.54.